The van der Waals surface area contributed by atoms with Gasteiger partial charge >= 0.3 is 0 Å². The Balaban J connectivity index is 1.54. The van der Waals surface area contributed by atoms with E-state index in [9.17, 15) is 0 Å². The van der Waals surface area contributed by atoms with Gasteiger partial charge in [-0.2, -0.15) is 0 Å². The predicted molar refractivity (Wildman–Crippen MR) is 305 cm³/mol. The Labute approximate surface area is 430 Å². The van der Waals surface area contributed by atoms with Crippen LogP contribution in [0.1, 0.15) is 203 Å². The first-order chi connectivity index (χ1) is 35.4. The van der Waals surface area contributed by atoms with Crippen LogP contribution in [-0.2, 0) is 51.4 Å². The number of hydrogen-bond acceptors (Lipinski definition) is 6. The highest BCUT2D eigenvalue weighted by molar-refractivity contribution is 6.10. The Morgan fingerprint density at radius 1 is 0.250 bits per heavy atom. The number of unbranched alkanes of at least 4 members (excludes halogenated alkanes) is 8. The SMILES string of the molecule is CCCCc1ccc(CCCC)c2c1-c1nc-2nc2[nH]c(nc3nc(nc4[nH]c(n1)c1c(CCCC)ccc(CCCC)c41)-c1c(CCCC)ccc(CCCC)c1-3)c1c(CCCC)ccc(CCCC)c21. The molecule has 0 saturated carbocycles. The van der Waals surface area contributed by atoms with E-state index < -0.39 is 0 Å². The predicted octanol–water partition coefficient (Wildman–Crippen LogP) is 17.6. The van der Waals surface area contributed by atoms with E-state index in [4.69, 9.17) is 29.9 Å². The summed E-state index contributed by atoms with van der Waals surface area (Å²) in [4.78, 5) is 42.4. The molecule has 9 rings (SSSR count). The number of aryl methyl sites for hydroxylation is 8. The second-order valence-electron chi connectivity index (χ2n) is 21.0. The Morgan fingerprint density at radius 3 is 0.625 bits per heavy atom. The number of H-pyrrole nitrogens is 2. The molecule has 3 aromatic heterocycles. The summed E-state index contributed by atoms with van der Waals surface area (Å²) in [5.41, 5.74) is 18.3. The molecule has 8 heteroatoms. The lowest BCUT2D eigenvalue weighted by molar-refractivity contribution is 0.788. The summed E-state index contributed by atoms with van der Waals surface area (Å²) in [6.45, 7) is 18.3. The number of aromatic amines is 2. The van der Waals surface area contributed by atoms with Gasteiger partial charge in [-0.3, -0.25) is 0 Å². The first kappa shape index (κ1) is 51.2. The van der Waals surface area contributed by atoms with E-state index in [1.54, 1.807) is 0 Å². The van der Waals surface area contributed by atoms with Gasteiger partial charge in [0, 0.05) is 43.8 Å². The number of nitrogens with one attached hydrogen (secondary N) is 2. The molecule has 0 aliphatic carbocycles. The van der Waals surface area contributed by atoms with Gasteiger partial charge in [-0.1, -0.05) is 155 Å². The molecule has 0 fully saturated rings. The molecule has 8 bridgehead atoms. The van der Waals surface area contributed by atoms with Crippen molar-refractivity contribution in [3.8, 4) is 45.6 Å². The number of nitrogens with zero attached hydrogens (tertiary/aromatic N) is 6. The number of aromatic nitrogens is 8. The maximum absolute atomic E-state index is 5.81. The minimum absolute atomic E-state index is 0.743. The molecule has 0 radical (unpaired) electrons. The first-order valence-corrected chi connectivity index (χ1v) is 28.8. The van der Waals surface area contributed by atoms with Crippen LogP contribution in [0.4, 0.5) is 0 Å². The highest BCUT2D eigenvalue weighted by atomic mass is 15.1. The third kappa shape index (κ3) is 10.3. The summed E-state index contributed by atoms with van der Waals surface area (Å²) in [6, 6.07) is 19.0. The fourth-order valence-electron chi connectivity index (χ4n) is 11.4. The highest BCUT2D eigenvalue weighted by Gasteiger charge is 2.30. The van der Waals surface area contributed by atoms with Crippen molar-refractivity contribution in [2.75, 3.05) is 0 Å². The fraction of sp³-hybridized carbons (Fsp3) is 0.500. The summed E-state index contributed by atoms with van der Waals surface area (Å²) in [5.74, 6) is 2.97. The average molecular weight is 963 g/mol. The van der Waals surface area contributed by atoms with Crippen LogP contribution in [0.15, 0.2) is 48.5 Å². The first-order valence-electron chi connectivity index (χ1n) is 28.8. The van der Waals surface area contributed by atoms with E-state index in [0.29, 0.717) is 0 Å². The van der Waals surface area contributed by atoms with Crippen molar-refractivity contribution < 1.29 is 0 Å². The second kappa shape index (κ2) is 23.9. The van der Waals surface area contributed by atoms with Crippen LogP contribution in [0.2, 0.25) is 0 Å². The number of hydrogen-bond donors (Lipinski definition) is 2. The van der Waals surface area contributed by atoms with Crippen LogP contribution in [0, 0.1) is 0 Å². The molecule has 2 N–H and O–H groups in total. The molecule has 7 aromatic rings. The van der Waals surface area contributed by atoms with E-state index in [0.717, 1.165) is 222 Å². The normalized spacial score (nSPS) is 12.1. The molecule has 0 unspecified atom stereocenters. The molecule has 4 aromatic carbocycles. The lowest BCUT2D eigenvalue weighted by Gasteiger charge is -2.13. The van der Waals surface area contributed by atoms with Gasteiger partial charge in [-0.05, 0) is 147 Å². The minimum Gasteiger partial charge on any atom is -0.324 e. The Morgan fingerprint density at radius 2 is 0.431 bits per heavy atom. The van der Waals surface area contributed by atoms with Crippen molar-refractivity contribution >= 4 is 44.1 Å². The molecule has 72 heavy (non-hydrogen) atoms. The smallest absolute Gasteiger partial charge is 0.165 e. The van der Waals surface area contributed by atoms with Crippen molar-refractivity contribution in [3.63, 3.8) is 0 Å². The molecule has 0 saturated heterocycles. The molecular weight excluding hydrogens is 881 g/mol. The standard InChI is InChI=1S/C64H82N8/c1-9-17-25-41-33-34-42(26-18-10-2)50-49(41)57-65-58(50)70-60-53-45(29-21-13-5)37-38-46(30-22-14-6)54(53)62(67-60)72-64-56-48(32-24-16-8)40-39-47(31-23-15-7)55(56)63(68-64)71-61-52-44(28-20-12-4)36-35-43(27-19-11-3)51(52)59(66-61)69-57/h33-40H,9-32H2,1-8H3,(H2,65,66,67,68,69,70,71,72). The minimum atomic E-state index is 0.743. The molecule has 2 aliphatic rings. The fourth-order valence-corrected chi connectivity index (χ4v) is 11.4. The van der Waals surface area contributed by atoms with Crippen molar-refractivity contribution in [3.05, 3.63) is 93.0 Å². The summed E-state index contributed by atoms with van der Waals surface area (Å²) in [7, 11) is 0. The summed E-state index contributed by atoms with van der Waals surface area (Å²) in [5, 5.41) is 4.68. The van der Waals surface area contributed by atoms with E-state index in [1.165, 1.54) is 66.1 Å². The molecule has 378 valence electrons. The van der Waals surface area contributed by atoms with Crippen LogP contribution in [0.25, 0.3) is 89.7 Å². The number of fused-ring (bicyclic) bond motifs is 20. The lowest BCUT2D eigenvalue weighted by Crippen LogP contribution is -1.97. The maximum Gasteiger partial charge on any atom is 0.165 e. The van der Waals surface area contributed by atoms with E-state index in [1.807, 2.05) is 0 Å². The van der Waals surface area contributed by atoms with E-state index >= 15 is 0 Å². The van der Waals surface area contributed by atoms with Crippen LogP contribution in [0.5, 0.6) is 0 Å². The van der Waals surface area contributed by atoms with Gasteiger partial charge in [0.05, 0.1) is 0 Å². The molecule has 8 nitrogen and oxygen atoms in total. The van der Waals surface area contributed by atoms with Gasteiger partial charge < -0.3 is 9.97 Å². The van der Waals surface area contributed by atoms with Crippen LogP contribution >= 0.6 is 0 Å². The topological polar surface area (TPSA) is 109 Å². The Bertz CT molecular complexity index is 2790. The summed E-state index contributed by atoms with van der Waals surface area (Å²) >= 11 is 0. The van der Waals surface area contributed by atoms with Crippen molar-refractivity contribution in [2.45, 2.75) is 209 Å². The van der Waals surface area contributed by atoms with Gasteiger partial charge in [0.25, 0.3) is 0 Å². The Kier molecular flexibility index (Phi) is 16.9. The molecule has 0 atom stereocenters. The quantitative estimate of drug-likeness (QED) is 0.0624. The summed E-state index contributed by atoms with van der Waals surface area (Å²) < 4.78 is 0. The molecular formula is C64H82N8. The van der Waals surface area contributed by atoms with Crippen molar-refractivity contribution in [1.29, 1.82) is 0 Å². The van der Waals surface area contributed by atoms with E-state index in [-0.39, 0.29) is 0 Å². The zero-order valence-corrected chi connectivity index (χ0v) is 45.3. The van der Waals surface area contributed by atoms with Gasteiger partial charge in [-0.25, -0.2) is 29.9 Å². The van der Waals surface area contributed by atoms with Crippen molar-refractivity contribution in [2.24, 2.45) is 0 Å². The molecule has 5 heterocycles. The third-order valence-electron chi connectivity index (χ3n) is 15.5. The largest absolute Gasteiger partial charge is 0.324 e. The van der Waals surface area contributed by atoms with Gasteiger partial charge in [-0.15, -0.1) is 0 Å². The average Bonchev–Trinajstić information content (AvgIpc) is 4.16. The molecule has 0 amide bonds. The van der Waals surface area contributed by atoms with Crippen LogP contribution in [0.3, 0.4) is 0 Å². The Hall–Kier alpha value is -5.76. The molecule has 0 spiro atoms. The zero-order chi connectivity index (χ0) is 50.1. The number of benzene rings is 4. The second-order valence-corrected chi connectivity index (χ2v) is 21.0. The van der Waals surface area contributed by atoms with Crippen LogP contribution in [-0.4, -0.2) is 39.9 Å². The monoisotopic (exact) mass is 963 g/mol. The lowest BCUT2D eigenvalue weighted by atomic mass is 9.91. The molecule has 2 aliphatic heterocycles. The van der Waals surface area contributed by atoms with Gasteiger partial charge in [0.1, 0.15) is 22.6 Å². The highest BCUT2D eigenvalue weighted by Crippen LogP contribution is 2.44. The van der Waals surface area contributed by atoms with Gasteiger partial charge in [0.2, 0.25) is 0 Å². The van der Waals surface area contributed by atoms with E-state index in [2.05, 4.69) is 114 Å². The zero-order valence-electron chi connectivity index (χ0n) is 45.3. The van der Waals surface area contributed by atoms with Crippen LogP contribution < -0.4 is 0 Å². The number of rotatable bonds is 24. The van der Waals surface area contributed by atoms with Gasteiger partial charge in [0.15, 0.2) is 23.3 Å². The maximum atomic E-state index is 5.81. The van der Waals surface area contributed by atoms with Crippen molar-refractivity contribution in [1.82, 2.24) is 39.9 Å². The summed E-state index contributed by atoms with van der Waals surface area (Å²) in [6.07, 6.45) is 25.3. The third-order valence-corrected chi connectivity index (χ3v) is 15.5.